The van der Waals surface area contributed by atoms with E-state index in [0.717, 1.165) is 133 Å². The highest BCUT2D eigenvalue weighted by molar-refractivity contribution is 7.26. The topological polar surface area (TPSA) is 45.9 Å². The average Bonchev–Trinajstić information content (AvgIpc) is 1.61. The van der Waals surface area contributed by atoms with Gasteiger partial charge in [0.05, 0.1) is 0 Å². The molecular formula is C108H70N2O3S. The Hall–Kier alpha value is -14.8. The van der Waals surface area contributed by atoms with Gasteiger partial charge in [-0.25, -0.2) is 0 Å². The second kappa shape index (κ2) is 28.9. The molecule has 4 heterocycles. The number of rotatable bonds is 14. The average molecular weight is 1480 g/mol. The number of para-hydroxylation sites is 4. The first-order valence-corrected chi connectivity index (χ1v) is 39.5. The fourth-order valence-corrected chi connectivity index (χ4v) is 18.0. The van der Waals surface area contributed by atoms with Crippen molar-refractivity contribution in [2.75, 3.05) is 9.80 Å². The summed E-state index contributed by atoms with van der Waals surface area (Å²) in [5, 5.41) is 9.33. The summed E-state index contributed by atoms with van der Waals surface area (Å²) in [6.45, 7) is 0. The number of benzene rings is 18. The van der Waals surface area contributed by atoms with Gasteiger partial charge in [0, 0.05) is 110 Å². The van der Waals surface area contributed by atoms with Crippen molar-refractivity contribution in [3.63, 3.8) is 0 Å². The van der Waals surface area contributed by atoms with E-state index in [-0.39, 0.29) is 0 Å². The molecule has 5 nitrogen and oxygen atoms in total. The van der Waals surface area contributed by atoms with Gasteiger partial charge in [-0.2, -0.15) is 0 Å². The van der Waals surface area contributed by atoms with Gasteiger partial charge in [0.15, 0.2) is 0 Å². The first kappa shape index (κ1) is 67.3. The number of hydrogen-bond donors (Lipinski definition) is 0. The quantitative estimate of drug-likeness (QED) is 0.109. The summed E-state index contributed by atoms with van der Waals surface area (Å²) in [4.78, 5) is 4.61. The molecule has 22 aromatic rings. The fraction of sp³-hybridized carbons (Fsp3) is 0. The molecule has 0 aliphatic rings. The van der Waals surface area contributed by atoms with Crippen LogP contribution in [-0.2, 0) is 0 Å². The third kappa shape index (κ3) is 12.4. The lowest BCUT2D eigenvalue weighted by molar-refractivity contribution is 0.668. The molecule has 0 aliphatic carbocycles. The summed E-state index contributed by atoms with van der Waals surface area (Å²) in [6.07, 6.45) is 0. The lowest BCUT2D eigenvalue weighted by Gasteiger charge is -2.26. The van der Waals surface area contributed by atoms with Crippen LogP contribution < -0.4 is 9.80 Å². The maximum Gasteiger partial charge on any atom is 0.143 e. The molecule has 0 fully saturated rings. The van der Waals surface area contributed by atoms with Gasteiger partial charge in [-0.1, -0.05) is 315 Å². The Morgan fingerprint density at radius 3 is 0.851 bits per heavy atom. The zero-order valence-corrected chi connectivity index (χ0v) is 62.8. The standard InChI is InChI=1S/C54H35NO2.C54H35NOS/c2*1-3-12-36(13-4-1)37-24-28-42(29-25-37)55(44-32-33-48-47-18-7-8-23-51(47)56-52(48)35-44)43-30-26-38(27-31-43)40-16-9-17-41(34-40)46-20-11-22-50-49-21-10-19-45(53(49)57-54(46)50)39-14-5-2-6-15-39/h2*1-35H. The lowest BCUT2D eigenvalue weighted by atomic mass is 9.97. The molecule has 0 unspecified atom stereocenters. The molecule has 22 rings (SSSR count). The fourth-order valence-electron chi connectivity index (χ4n) is 16.6. The highest BCUT2D eigenvalue weighted by atomic mass is 32.1. The number of thiophene rings is 1. The molecular weight excluding hydrogens is 1410 g/mol. The molecule has 4 aromatic heterocycles. The van der Waals surface area contributed by atoms with Crippen molar-refractivity contribution in [3.8, 4) is 89.0 Å². The van der Waals surface area contributed by atoms with Crippen LogP contribution in [0.4, 0.5) is 34.1 Å². The highest BCUT2D eigenvalue weighted by Crippen LogP contribution is 2.48. The van der Waals surface area contributed by atoms with Crippen molar-refractivity contribution in [1.82, 2.24) is 0 Å². The van der Waals surface area contributed by atoms with Gasteiger partial charge in [0.25, 0.3) is 0 Å². The van der Waals surface area contributed by atoms with E-state index in [1.54, 1.807) is 0 Å². The van der Waals surface area contributed by atoms with Gasteiger partial charge in [0.2, 0.25) is 0 Å². The van der Waals surface area contributed by atoms with Gasteiger partial charge in [0.1, 0.15) is 33.5 Å². The zero-order valence-electron chi connectivity index (χ0n) is 61.9. The van der Waals surface area contributed by atoms with Gasteiger partial charge >= 0.3 is 0 Å². The third-order valence-electron chi connectivity index (χ3n) is 22.2. The van der Waals surface area contributed by atoms with Crippen LogP contribution >= 0.6 is 11.3 Å². The van der Waals surface area contributed by atoms with Crippen LogP contribution in [0.5, 0.6) is 0 Å². The van der Waals surface area contributed by atoms with Crippen molar-refractivity contribution in [2.45, 2.75) is 0 Å². The van der Waals surface area contributed by atoms with Gasteiger partial charge in [-0.05, 0) is 175 Å². The predicted octanol–water partition coefficient (Wildman–Crippen LogP) is 31.7. The monoisotopic (exact) mass is 1470 g/mol. The molecule has 0 spiro atoms. The number of anilines is 6. The number of hydrogen-bond acceptors (Lipinski definition) is 6. The van der Waals surface area contributed by atoms with Crippen molar-refractivity contribution >= 4 is 131 Å². The molecule has 536 valence electrons. The molecule has 0 aliphatic heterocycles. The van der Waals surface area contributed by atoms with Crippen LogP contribution in [0.15, 0.2) is 438 Å². The highest BCUT2D eigenvalue weighted by Gasteiger charge is 2.22. The second-order valence-corrected chi connectivity index (χ2v) is 30.0. The van der Waals surface area contributed by atoms with Crippen LogP contribution in [-0.4, -0.2) is 0 Å². The van der Waals surface area contributed by atoms with E-state index in [0.29, 0.717) is 0 Å². The first-order chi connectivity index (χ1) is 56.5. The molecule has 18 aromatic carbocycles. The molecule has 0 saturated heterocycles. The Morgan fingerprint density at radius 2 is 0.430 bits per heavy atom. The van der Waals surface area contributed by atoms with E-state index >= 15 is 0 Å². The van der Waals surface area contributed by atoms with Crippen molar-refractivity contribution in [1.29, 1.82) is 0 Å². The van der Waals surface area contributed by atoms with Crippen LogP contribution in [0, 0.1) is 0 Å². The second-order valence-electron chi connectivity index (χ2n) is 29.0. The first-order valence-electron chi connectivity index (χ1n) is 38.7. The maximum absolute atomic E-state index is 6.76. The number of fused-ring (bicyclic) bond motifs is 12. The van der Waals surface area contributed by atoms with E-state index < -0.39 is 0 Å². The third-order valence-corrected chi connectivity index (χ3v) is 23.5. The molecule has 0 bridgehead atoms. The summed E-state index contributed by atoms with van der Waals surface area (Å²) in [5.41, 5.74) is 30.5. The van der Waals surface area contributed by atoms with Gasteiger partial charge < -0.3 is 23.1 Å². The molecule has 6 heteroatoms. The van der Waals surface area contributed by atoms with Gasteiger partial charge in [-0.15, -0.1) is 11.3 Å². The van der Waals surface area contributed by atoms with Crippen LogP contribution in [0.2, 0.25) is 0 Å². The largest absolute Gasteiger partial charge is 0.456 e. The number of nitrogens with zero attached hydrogens (tertiary/aromatic N) is 2. The summed E-state index contributed by atoms with van der Waals surface area (Å²) < 4.78 is 22.1. The smallest absolute Gasteiger partial charge is 0.143 e. The Labute approximate surface area is 663 Å². The predicted molar refractivity (Wildman–Crippen MR) is 480 cm³/mol. The number of furan rings is 3. The minimum Gasteiger partial charge on any atom is -0.456 e. The van der Waals surface area contributed by atoms with Crippen LogP contribution in [0.3, 0.4) is 0 Å². The lowest BCUT2D eigenvalue weighted by Crippen LogP contribution is -2.09. The summed E-state index contributed by atoms with van der Waals surface area (Å²) in [6, 6.07) is 151. The van der Waals surface area contributed by atoms with E-state index in [2.05, 4.69) is 404 Å². The van der Waals surface area contributed by atoms with E-state index in [4.69, 9.17) is 13.3 Å². The Morgan fingerprint density at radius 1 is 0.158 bits per heavy atom. The van der Waals surface area contributed by atoms with Crippen molar-refractivity contribution < 1.29 is 13.3 Å². The zero-order chi connectivity index (χ0) is 75.4. The van der Waals surface area contributed by atoms with E-state index in [1.165, 1.54) is 75.8 Å². The normalized spacial score (nSPS) is 11.5. The SMILES string of the molecule is c1ccc(-c2ccc(N(c3ccc(-c4cccc(-c5cccc6c5oc5c(-c7ccccc7)cccc56)c4)cc3)c3ccc4c(c3)oc3ccccc34)cc2)cc1.c1ccc(-c2ccc(N(c3ccc(-c4cccc(-c5cccc6c5sc5c(-c7ccccc7)cccc56)c4)cc3)c3ccc4c(c3)oc3ccccc34)cc2)cc1. The van der Waals surface area contributed by atoms with E-state index in [9.17, 15) is 0 Å². The van der Waals surface area contributed by atoms with Gasteiger partial charge in [-0.3, -0.25) is 0 Å². The van der Waals surface area contributed by atoms with Crippen molar-refractivity contribution in [3.05, 3.63) is 425 Å². The molecule has 0 saturated carbocycles. The summed E-state index contributed by atoms with van der Waals surface area (Å²) in [7, 11) is 0. The molecule has 114 heavy (non-hydrogen) atoms. The Bertz CT molecular complexity index is 6870. The Kier molecular flexibility index (Phi) is 17.1. The van der Waals surface area contributed by atoms with Crippen molar-refractivity contribution in [2.24, 2.45) is 0 Å². The van der Waals surface area contributed by atoms with E-state index in [1.807, 2.05) is 41.7 Å². The van der Waals surface area contributed by atoms with Crippen LogP contribution in [0.1, 0.15) is 0 Å². The minimum absolute atomic E-state index is 0.865. The molecule has 0 atom stereocenters. The molecule has 0 radical (unpaired) electrons. The Balaban J connectivity index is 0.000000143. The minimum atomic E-state index is 0.865. The van der Waals surface area contributed by atoms with Crippen LogP contribution in [0.25, 0.3) is 175 Å². The maximum atomic E-state index is 6.76. The summed E-state index contributed by atoms with van der Waals surface area (Å²) >= 11 is 1.90. The molecule has 0 N–H and O–H groups in total. The summed E-state index contributed by atoms with van der Waals surface area (Å²) in [5.74, 6) is 0. The molecule has 0 amide bonds.